The van der Waals surface area contributed by atoms with Crippen molar-refractivity contribution in [3.8, 4) is 5.75 Å². The zero-order valence-corrected chi connectivity index (χ0v) is 14.0. The van der Waals surface area contributed by atoms with Gasteiger partial charge in [-0.25, -0.2) is 8.78 Å². The Labute approximate surface area is 141 Å². The predicted octanol–water partition coefficient (Wildman–Crippen LogP) is 4.55. The Bertz CT molecular complexity index is 512. The molecule has 0 fully saturated rings. The van der Waals surface area contributed by atoms with E-state index in [-0.39, 0.29) is 18.1 Å². The monoisotopic (exact) mass is 342 g/mol. The maximum atomic E-state index is 13.0. The van der Waals surface area contributed by atoms with Gasteiger partial charge in [-0.05, 0) is 19.8 Å². The summed E-state index contributed by atoms with van der Waals surface area (Å²) in [4.78, 5) is 22.7. The van der Waals surface area contributed by atoms with Crippen molar-refractivity contribution < 1.29 is 27.8 Å². The molecule has 24 heavy (non-hydrogen) atoms. The molecular weight excluding hydrogens is 318 g/mol. The lowest BCUT2D eigenvalue weighted by molar-refractivity contribution is -0.143. The van der Waals surface area contributed by atoms with E-state index in [0.29, 0.717) is 19.4 Å². The third-order valence-electron chi connectivity index (χ3n) is 3.38. The maximum absolute atomic E-state index is 13.0. The molecule has 0 saturated heterocycles. The van der Waals surface area contributed by atoms with Gasteiger partial charge in [-0.2, -0.15) is 0 Å². The minimum absolute atomic E-state index is 0.114. The first-order valence-corrected chi connectivity index (χ1v) is 8.33. The van der Waals surface area contributed by atoms with Crippen LogP contribution in [0.5, 0.6) is 5.75 Å². The van der Waals surface area contributed by atoms with E-state index in [4.69, 9.17) is 9.47 Å². The van der Waals surface area contributed by atoms with Crippen molar-refractivity contribution in [3.63, 3.8) is 0 Å². The molecule has 1 aromatic carbocycles. The van der Waals surface area contributed by atoms with Crippen LogP contribution in [-0.4, -0.2) is 18.5 Å². The Morgan fingerprint density at radius 2 is 1.33 bits per heavy atom. The first-order chi connectivity index (χ1) is 11.5. The molecule has 0 radical (unpaired) electrons. The van der Waals surface area contributed by atoms with Crippen LogP contribution in [0.3, 0.4) is 0 Å². The lowest BCUT2D eigenvalue weighted by atomic mass is 10.1. The van der Waals surface area contributed by atoms with Crippen LogP contribution in [0.15, 0.2) is 18.2 Å². The summed E-state index contributed by atoms with van der Waals surface area (Å²) in [5, 5.41) is 0. The van der Waals surface area contributed by atoms with Crippen LogP contribution in [0.25, 0.3) is 0 Å². The molecule has 0 saturated carbocycles. The van der Waals surface area contributed by atoms with E-state index >= 15 is 0 Å². The van der Waals surface area contributed by atoms with Crippen LogP contribution in [0, 0.1) is 11.6 Å². The minimum Gasteiger partial charge on any atom is -0.466 e. The summed E-state index contributed by atoms with van der Waals surface area (Å²) >= 11 is 0. The summed E-state index contributed by atoms with van der Waals surface area (Å²) in [6.07, 6.45) is 5.90. The summed E-state index contributed by atoms with van der Waals surface area (Å²) in [7, 11) is 0. The SMILES string of the molecule is CCOC(=O)CCCCCCCCC(=O)Oc1cc(F)cc(F)c1. The van der Waals surface area contributed by atoms with Crippen molar-refractivity contribution in [2.75, 3.05) is 6.61 Å². The molecule has 0 bridgehead atoms. The first-order valence-electron chi connectivity index (χ1n) is 8.33. The highest BCUT2D eigenvalue weighted by molar-refractivity contribution is 5.72. The molecule has 0 aliphatic heterocycles. The van der Waals surface area contributed by atoms with Crippen LogP contribution in [0.1, 0.15) is 58.3 Å². The molecule has 0 atom stereocenters. The number of carbonyl (C=O) groups is 2. The lowest BCUT2D eigenvalue weighted by Crippen LogP contribution is -2.08. The number of hydrogen-bond acceptors (Lipinski definition) is 4. The van der Waals surface area contributed by atoms with E-state index in [1.807, 2.05) is 0 Å². The average molecular weight is 342 g/mol. The van der Waals surface area contributed by atoms with Gasteiger partial charge in [-0.15, -0.1) is 0 Å². The molecule has 0 heterocycles. The van der Waals surface area contributed by atoms with Crippen molar-refractivity contribution in [2.24, 2.45) is 0 Å². The zero-order valence-electron chi connectivity index (χ0n) is 14.0. The number of unbranched alkanes of at least 4 members (excludes halogenated alkanes) is 5. The molecule has 0 unspecified atom stereocenters. The van der Waals surface area contributed by atoms with Crippen molar-refractivity contribution in [3.05, 3.63) is 29.8 Å². The molecule has 134 valence electrons. The van der Waals surface area contributed by atoms with Crippen molar-refractivity contribution in [2.45, 2.75) is 58.3 Å². The third kappa shape index (κ3) is 9.22. The number of halogens is 2. The Morgan fingerprint density at radius 3 is 1.88 bits per heavy atom. The molecule has 0 aromatic heterocycles. The summed E-state index contributed by atoms with van der Waals surface area (Å²) in [5.41, 5.74) is 0. The van der Waals surface area contributed by atoms with E-state index in [0.717, 1.165) is 50.3 Å². The first kappa shape index (κ1) is 20.1. The number of rotatable bonds is 11. The van der Waals surface area contributed by atoms with E-state index < -0.39 is 17.6 Å². The number of hydrogen-bond donors (Lipinski definition) is 0. The summed E-state index contributed by atoms with van der Waals surface area (Å²) in [6.45, 7) is 2.20. The normalized spacial score (nSPS) is 10.5. The summed E-state index contributed by atoms with van der Waals surface area (Å²) < 4.78 is 35.7. The fraction of sp³-hybridized carbons (Fsp3) is 0.556. The molecule has 0 N–H and O–H groups in total. The number of esters is 2. The van der Waals surface area contributed by atoms with Gasteiger partial charge in [0.05, 0.1) is 6.61 Å². The zero-order chi connectivity index (χ0) is 17.8. The van der Waals surface area contributed by atoms with E-state index in [2.05, 4.69) is 0 Å². The number of ether oxygens (including phenoxy) is 2. The minimum atomic E-state index is -0.777. The topological polar surface area (TPSA) is 52.6 Å². The second-order valence-corrected chi connectivity index (χ2v) is 5.51. The van der Waals surface area contributed by atoms with Gasteiger partial charge < -0.3 is 9.47 Å². The summed E-state index contributed by atoms with van der Waals surface area (Å²) in [6, 6.07) is 2.67. The molecule has 0 aliphatic carbocycles. The van der Waals surface area contributed by atoms with Gasteiger partial charge in [0, 0.05) is 31.0 Å². The molecule has 0 amide bonds. The standard InChI is InChI=1S/C18H24F2O4/c1-2-23-17(21)9-7-5-3-4-6-8-10-18(22)24-16-12-14(19)11-15(20)13-16/h11-13H,2-10H2,1H3. The second kappa shape index (κ2) is 11.5. The highest BCUT2D eigenvalue weighted by atomic mass is 19.1. The van der Waals surface area contributed by atoms with Crippen LogP contribution in [0.2, 0.25) is 0 Å². The van der Waals surface area contributed by atoms with Gasteiger partial charge in [0.25, 0.3) is 0 Å². The predicted molar refractivity (Wildman–Crippen MR) is 85.6 cm³/mol. The molecule has 0 aliphatic rings. The van der Waals surface area contributed by atoms with Gasteiger partial charge in [0.15, 0.2) is 0 Å². The largest absolute Gasteiger partial charge is 0.466 e. The smallest absolute Gasteiger partial charge is 0.311 e. The van der Waals surface area contributed by atoms with Gasteiger partial charge >= 0.3 is 11.9 Å². The van der Waals surface area contributed by atoms with E-state index in [1.54, 1.807) is 6.92 Å². The van der Waals surface area contributed by atoms with E-state index in [1.165, 1.54) is 0 Å². The Balaban J connectivity index is 2.04. The third-order valence-corrected chi connectivity index (χ3v) is 3.38. The van der Waals surface area contributed by atoms with Crippen LogP contribution >= 0.6 is 0 Å². The van der Waals surface area contributed by atoms with Crippen molar-refractivity contribution in [1.29, 1.82) is 0 Å². The highest BCUT2D eigenvalue weighted by Crippen LogP contribution is 2.16. The van der Waals surface area contributed by atoms with Crippen molar-refractivity contribution >= 4 is 11.9 Å². The molecule has 1 rings (SSSR count). The Morgan fingerprint density at radius 1 is 0.833 bits per heavy atom. The Hall–Kier alpha value is -1.98. The molecule has 1 aromatic rings. The fourth-order valence-corrected chi connectivity index (χ4v) is 2.25. The lowest BCUT2D eigenvalue weighted by Gasteiger charge is -2.05. The summed E-state index contributed by atoms with van der Waals surface area (Å²) in [5.74, 6) is -2.32. The molecule has 0 spiro atoms. The quantitative estimate of drug-likeness (QED) is 0.336. The molecular formula is C18H24F2O4. The highest BCUT2D eigenvalue weighted by Gasteiger charge is 2.07. The van der Waals surface area contributed by atoms with Crippen LogP contribution < -0.4 is 4.74 Å². The van der Waals surface area contributed by atoms with Crippen LogP contribution in [0.4, 0.5) is 8.78 Å². The van der Waals surface area contributed by atoms with E-state index in [9.17, 15) is 18.4 Å². The van der Waals surface area contributed by atoms with Crippen LogP contribution in [-0.2, 0) is 14.3 Å². The Kier molecular flexibility index (Phi) is 9.65. The average Bonchev–Trinajstić information content (AvgIpc) is 2.49. The van der Waals surface area contributed by atoms with Gasteiger partial charge in [-0.3, -0.25) is 9.59 Å². The molecule has 4 nitrogen and oxygen atoms in total. The fourth-order valence-electron chi connectivity index (χ4n) is 2.25. The van der Waals surface area contributed by atoms with Gasteiger partial charge in [0.1, 0.15) is 17.4 Å². The maximum Gasteiger partial charge on any atom is 0.311 e. The van der Waals surface area contributed by atoms with Gasteiger partial charge in [0.2, 0.25) is 0 Å². The second-order valence-electron chi connectivity index (χ2n) is 5.51. The van der Waals surface area contributed by atoms with Gasteiger partial charge in [-0.1, -0.05) is 25.7 Å². The van der Waals surface area contributed by atoms with Crippen molar-refractivity contribution in [1.82, 2.24) is 0 Å². The number of carbonyl (C=O) groups excluding carboxylic acids is 2. The molecule has 6 heteroatoms. The number of benzene rings is 1.